The number of rotatable bonds is 8. The lowest BCUT2D eigenvalue weighted by atomic mass is 10.1. The van der Waals surface area contributed by atoms with E-state index in [1.54, 1.807) is 0 Å². The van der Waals surface area contributed by atoms with Crippen molar-refractivity contribution in [2.45, 2.75) is 39.4 Å². The fourth-order valence-corrected chi connectivity index (χ4v) is 2.24. The van der Waals surface area contributed by atoms with Gasteiger partial charge in [0.15, 0.2) is 6.29 Å². The molecule has 0 amide bonds. The lowest BCUT2D eigenvalue weighted by Gasteiger charge is -2.15. The third kappa shape index (κ3) is 5.60. The van der Waals surface area contributed by atoms with Gasteiger partial charge in [-0.1, -0.05) is 55.8 Å². The normalized spacial score (nSPS) is 12.1. The van der Waals surface area contributed by atoms with Crippen molar-refractivity contribution in [3.63, 3.8) is 0 Å². The maximum atomic E-state index is 5.76. The van der Waals surface area contributed by atoms with Crippen LogP contribution in [0.25, 0.3) is 0 Å². The van der Waals surface area contributed by atoms with Crippen LogP contribution in [0.5, 0.6) is 5.75 Å². The summed E-state index contributed by atoms with van der Waals surface area (Å²) in [7, 11) is 0. The van der Waals surface area contributed by atoms with E-state index < -0.39 is 0 Å². The molecule has 112 valence electrons. The van der Waals surface area contributed by atoms with E-state index in [9.17, 15) is 0 Å². The first-order valence-electron chi connectivity index (χ1n) is 7.69. The number of aryl methyl sites for hydroxylation is 1. The highest BCUT2D eigenvalue weighted by atomic mass is 16.7. The topological polar surface area (TPSA) is 18.5 Å². The van der Waals surface area contributed by atoms with E-state index in [0.29, 0.717) is 6.61 Å². The predicted molar refractivity (Wildman–Crippen MR) is 86.6 cm³/mol. The molecule has 0 saturated heterocycles. The lowest BCUT2D eigenvalue weighted by Crippen LogP contribution is -2.17. The second kappa shape index (κ2) is 8.48. The van der Waals surface area contributed by atoms with Gasteiger partial charge in [0, 0.05) is 0 Å². The molecule has 0 aliphatic carbocycles. The smallest absolute Gasteiger partial charge is 0.196 e. The molecule has 0 bridgehead atoms. The van der Waals surface area contributed by atoms with Gasteiger partial charge in [-0.2, -0.15) is 0 Å². The van der Waals surface area contributed by atoms with Crippen molar-refractivity contribution in [3.05, 3.63) is 65.7 Å². The number of hydrogen-bond acceptors (Lipinski definition) is 2. The average Bonchev–Trinajstić information content (AvgIpc) is 2.51. The summed E-state index contributed by atoms with van der Waals surface area (Å²) in [5.74, 6) is 0.863. The molecule has 0 aliphatic heterocycles. The monoisotopic (exact) mass is 284 g/mol. The van der Waals surface area contributed by atoms with Crippen molar-refractivity contribution < 1.29 is 9.47 Å². The second-order valence-electron chi connectivity index (χ2n) is 5.19. The summed E-state index contributed by atoms with van der Waals surface area (Å²) >= 11 is 0. The summed E-state index contributed by atoms with van der Waals surface area (Å²) in [4.78, 5) is 0. The number of ether oxygens (including phenoxy) is 2. The second-order valence-corrected chi connectivity index (χ2v) is 5.19. The zero-order valence-electron chi connectivity index (χ0n) is 12.9. The molecule has 0 radical (unpaired) electrons. The Morgan fingerprint density at radius 1 is 0.857 bits per heavy atom. The van der Waals surface area contributed by atoms with Gasteiger partial charge in [0.05, 0.1) is 6.61 Å². The van der Waals surface area contributed by atoms with E-state index in [-0.39, 0.29) is 6.29 Å². The first-order chi connectivity index (χ1) is 10.3. The Hall–Kier alpha value is -1.80. The Balaban J connectivity index is 1.72. The van der Waals surface area contributed by atoms with Crippen LogP contribution < -0.4 is 4.74 Å². The SMILES string of the molecule is CCCc1ccc(OC(C)OCCc2ccccc2)cc1. The Bertz CT molecular complexity index is 505. The van der Waals surface area contributed by atoms with Gasteiger partial charge in [0.25, 0.3) is 0 Å². The van der Waals surface area contributed by atoms with Crippen molar-refractivity contribution in [1.29, 1.82) is 0 Å². The van der Waals surface area contributed by atoms with Gasteiger partial charge in [0.1, 0.15) is 5.75 Å². The minimum atomic E-state index is -0.231. The molecule has 21 heavy (non-hydrogen) atoms. The molecular formula is C19H24O2. The summed E-state index contributed by atoms with van der Waals surface area (Å²) in [5.41, 5.74) is 2.64. The lowest BCUT2D eigenvalue weighted by molar-refractivity contribution is -0.0654. The van der Waals surface area contributed by atoms with Gasteiger partial charge in [0.2, 0.25) is 0 Å². The molecule has 0 N–H and O–H groups in total. The first-order valence-corrected chi connectivity index (χ1v) is 7.69. The Labute approximate surface area is 127 Å². The quantitative estimate of drug-likeness (QED) is 0.658. The summed E-state index contributed by atoms with van der Waals surface area (Å²) < 4.78 is 11.5. The number of hydrogen-bond donors (Lipinski definition) is 0. The van der Waals surface area contributed by atoms with Crippen molar-refractivity contribution in [3.8, 4) is 5.75 Å². The molecule has 1 unspecified atom stereocenters. The Morgan fingerprint density at radius 2 is 1.52 bits per heavy atom. The van der Waals surface area contributed by atoms with E-state index in [1.807, 2.05) is 37.3 Å². The van der Waals surface area contributed by atoms with Crippen molar-refractivity contribution in [2.75, 3.05) is 6.61 Å². The van der Waals surface area contributed by atoms with Crippen LogP contribution in [0.2, 0.25) is 0 Å². The highest BCUT2D eigenvalue weighted by Gasteiger charge is 2.04. The van der Waals surface area contributed by atoms with Gasteiger partial charge in [-0.3, -0.25) is 0 Å². The fraction of sp³-hybridized carbons (Fsp3) is 0.368. The standard InChI is InChI=1S/C19H24O2/c1-3-7-17-10-12-19(13-11-17)21-16(2)20-15-14-18-8-5-4-6-9-18/h4-6,8-13,16H,3,7,14-15H2,1-2H3. The van der Waals surface area contributed by atoms with E-state index in [2.05, 4.69) is 31.2 Å². The van der Waals surface area contributed by atoms with Crippen LogP contribution in [0, 0.1) is 0 Å². The highest BCUT2D eigenvalue weighted by Crippen LogP contribution is 2.15. The summed E-state index contributed by atoms with van der Waals surface area (Å²) in [6.07, 6.45) is 2.96. The largest absolute Gasteiger partial charge is 0.465 e. The molecule has 1 atom stereocenters. The van der Waals surface area contributed by atoms with E-state index >= 15 is 0 Å². The third-order valence-electron chi connectivity index (χ3n) is 3.35. The van der Waals surface area contributed by atoms with Crippen molar-refractivity contribution in [2.24, 2.45) is 0 Å². The van der Waals surface area contributed by atoms with E-state index in [0.717, 1.165) is 18.6 Å². The van der Waals surface area contributed by atoms with Crippen LogP contribution in [-0.4, -0.2) is 12.9 Å². The van der Waals surface area contributed by atoms with E-state index in [1.165, 1.54) is 17.5 Å². The maximum Gasteiger partial charge on any atom is 0.196 e. The van der Waals surface area contributed by atoms with Crippen LogP contribution in [0.4, 0.5) is 0 Å². The van der Waals surface area contributed by atoms with Crippen molar-refractivity contribution in [1.82, 2.24) is 0 Å². The van der Waals surface area contributed by atoms with Crippen LogP contribution >= 0.6 is 0 Å². The van der Waals surface area contributed by atoms with Crippen LogP contribution in [0.1, 0.15) is 31.4 Å². The van der Waals surface area contributed by atoms with Crippen LogP contribution in [0.15, 0.2) is 54.6 Å². The van der Waals surface area contributed by atoms with Gasteiger partial charge < -0.3 is 9.47 Å². The minimum Gasteiger partial charge on any atom is -0.465 e. The van der Waals surface area contributed by atoms with Crippen LogP contribution in [0.3, 0.4) is 0 Å². The minimum absolute atomic E-state index is 0.231. The third-order valence-corrected chi connectivity index (χ3v) is 3.35. The Morgan fingerprint density at radius 3 is 2.19 bits per heavy atom. The summed E-state index contributed by atoms with van der Waals surface area (Å²) in [5, 5.41) is 0. The molecule has 2 rings (SSSR count). The maximum absolute atomic E-state index is 5.76. The molecular weight excluding hydrogens is 260 g/mol. The molecule has 0 spiro atoms. The van der Waals surface area contributed by atoms with Gasteiger partial charge in [-0.15, -0.1) is 0 Å². The fourth-order valence-electron chi connectivity index (χ4n) is 2.24. The molecule has 0 aromatic heterocycles. The summed E-state index contributed by atoms with van der Waals surface area (Å²) in [6.45, 7) is 4.79. The predicted octanol–water partition coefficient (Wildman–Crippen LogP) is 4.62. The average molecular weight is 284 g/mol. The molecule has 2 heteroatoms. The zero-order chi connectivity index (χ0) is 14.9. The summed E-state index contributed by atoms with van der Waals surface area (Å²) in [6, 6.07) is 18.6. The Kier molecular flexibility index (Phi) is 6.29. The van der Waals surface area contributed by atoms with Gasteiger partial charge in [-0.25, -0.2) is 0 Å². The highest BCUT2D eigenvalue weighted by molar-refractivity contribution is 5.27. The molecule has 0 heterocycles. The van der Waals surface area contributed by atoms with Crippen LogP contribution in [-0.2, 0) is 17.6 Å². The van der Waals surface area contributed by atoms with E-state index in [4.69, 9.17) is 9.47 Å². The zero-order valence-corrected chi connectivity index (χ0v) is 12.9. The van der Waals surface area contributed by atoms with Gasteiger partial charge in [-0.05, 0) is 43.0 Å². The molecule has 0 saturated carbocycles. The molecule has 2 aromatic carbocycles. The number of benzene rings is 2. The molecule has 0 aliphatic rings. The van der Waals surface area contributed by atoms with Crippen molar-refractivity contribution >= 4 is 0 Å². The molecule has 2 nitrogen and oxygen atoms in total. The first kappa shape index (κ1) is 15.6. The molecule has 0 fully saturated rings. The van der Waals surface area contributed by atoms with Gasteiger partial charge >= 0.3 is 0 Å². The molecule has 2 aromatic rings.